The van der Waals surface area contributed by atoms with Crippen LogP contribution in [0.5, 0.6) is 5.75 Å². The second-order valence-corrected chi connectivity index (χ2v) is 7.83. The number of hydrogen-bond donors (Lipinski definition) is 0. The van der Waals surface area contributed by atoms with Crippen LogP contribution in [0.1, 0.15) is 6.92 Å². The Bertz CT molecular complexity index is 666. The van der Waals surface area contributed by atoms with E-state index in [4.69, 9.17) is 15.4 Å². The quantitative estimate of drug-likeness (QED) is 0.756. The molecule has 0 radical (unpaired) electrons. The molecule has 0 aliphatic carbocycles. The largest absolute Gasteiger partial charge is 0.493 e. The molecule has 1 atom stereocenters. The fourth-order valence-corrected chi connectivity index (χ4v) is 3.42. The van der Waals surface area contributed by atoms with Crippen LogP contribution < -0.4 is 4.74 Å². The number of ether oxygens (including phenoxy) is 1. The first kappa shape index (κ1) is 15.9. The predicted molar refractivity (Wildman–Crippen MR) is 86.2 cm³/mol. The number of rotatable bonds is 6. The van der Waals surface area contributed by atoms with Crippen molar-refractivity contribution in [2.24, 2.45) is 5.92 Å². The Hall–Kier alpha value is -1.52. The molecule has 0 spiro atoms. The fraction of sp³-hybridized carbons (Fsp3) is 0.250. The van der Waals surface area contributed by atoms with E-state index in [1.165, 1.54) is 0 Å². The molecule has 0 saturated heterocycles. The summed E-state index contributed by atoms with van der Waals surface area (Å²) in [5.74, 6) is 0.478. The van der Waals surface area contributed by atoms with E-state index >= 15 is 0 Å². The molecule has 0 heterocycles. The average molecular weight is 325 g/mol. The Morgan fingerprint density at radius 3 is 2.14 bits per heavy atom. The molecule has 0 amide bonds. The van der Waals surface area contributed by atoms with Gasteiger partial charge in [0.15, 0.2) is 0 Å². The Kier molecular flexibility index (Phi) is 5.26. The summed E-state index contributed by atoms with van der Waals surface area (Å²) in [4.78, 5) is 0. The van der Waals surface area contributed by atoms with E-state index < -0.39 is 9.05 Å². The van der Waals surface area contributed by atoms with Gasteiger partial charge in [-0.1, -0.05) is 49.4 Å². The SMILES string of the molecule is CC(COc1ccc(-c2ccccc2)cc1)CS(=O)(=O)Cl. The summed E-state index contributed by atoms with van der Waals surface area (Å²) in [5, 5.41) is 0. The molecule has 0 N–H and O–H groups in total. The van der Waals surface area contributed by atoms with E-state index in [9.17, 15) is 8.42 Å². The molecule has 2 rings (SSSR count). The van der Waals surface area contributed by atoms with Crippen LogP contribution in [-0.2, 0) is 9.05 Å². The van der Waals surface area contributed by atoms with E-state index in [-0.39, 0.29) is 11.7 Å². The zero-order valence-electron chi connectivity index (χ0n) is 11.7. The first-order valence-corrected chi connectivity index (χ1v) is 9.12. The lowest BCUT2D eigenvalue weighted by molar-refractivity contribution is 0.272. The van der Waals surface area contributed by atoms with Gasteiger partial charge < -0.3 is 4.74 Å². The monoisotopic (exact) mass is 324 g/mol. The van der Waals surface area contributed by atoms with Crippen molar-refractivity contribution in [3.05, 3.63) is 54.6 Å². The number of hydrogen-bond acceptors (Lipinski definition) is 3. The maximum atomic E-state index is 11.0. The topological polar surface area (TPSA) is 43.4 Å². The van der Waals surface area contributed by atoms with Crippen LogP contribution in [0, 0.1) is 5.92 Å². The highest BCUT2D eigenvalue weighted by molar-refractivity contribution is 8.13. The van der Waals surface area contributed by atoms with Gasteiger partial charge in [-0.05, 0) is 23.3 Å². The van der Waals surface area contributed by atoms with E-state index in [1.54, 1.807) is 6.92 Å². The maximum Gasteiger partial charge on any atom is 0.232 e. The van der Waals surface area contributed by atoms with E-state index in [0.29, 0.717) is 12.4 Å². The van der Waals surface area contributed by atoms with Crippen LogP contribution in [0.2, 0.25) is 0 Å². The van der Waals surface area contributed by atoms with Crippen molar-refractivity contribution >= 4 is 19.7 Å². The zero-order chi connectivity index (χ0) is 15.3. The first-order chi connectivity index (χ1) is 9.94. The number of halogens is 1. The molecule has 0 fully saturated rings. The lowest BCUT2D eigenvalue weighted by Gasteiger charge is -2.12. The summed E-state index contributed by atoms with van der Waals surface area (Å²) < 4.78 is 27.5. The molecule has 2 aromatic carbocycles. The molecule has 0 bridgehead atoms. The Labute approximate surface area is 129 Å². The summed E-state index contributed by atoms with van der Waals surface area (Å²) >= 11 is 0. The van der Waals surface area contributed by atoms with Crippen molar-refractivity contribution in [2.45, 2.75) is 6.92 Å². The van der Waals surface area contributed by atoms with Gasteiger partial charge in [0.05, 0.1) is 12.4 Å². The second-order valence-electron chi connectivity index (χ2n) is 5.01. The van der Waals surface area contributed by atoms with Gasteiger partial charge in [0, 0.05) is 16.6 Å². The van der Waals surface area contributed by atoms with Crippen LogP contribution in [0.15, 0.2) is 54.6 Å². The molecule has 0 aromatic heterocycles. The first-order valence-electron chi connectivity index (χ1n) is 6.65. The van der Waals surface area contributed by atoms with Gasteiger partial charge in [0.2, 0.25) is 9.05 Å². The van der Waals surface area contributed by atoms with Crippen molar-refractivity contribution in [1.29, 1.82) is 0 Å². The highest BCUT2D eigenvalue weighted by Gasteiger charge is 2.13. The van der Waals surface area contributed by atoms with Gasteiger partial charge in [-0.3, -0.25) is 0 Å². The Morgan fingerprint density at radius 1 is 1.00 bits per heavy atom. The predicted octanol–water partition coefficient (Wildman–Crippen LogP) is 3.94. The second kappa shape index (κ2) is 6.96. The summed E-state index contributed by atoms with van der Waals surface area (Å²) in [6, 6.07) is 17.8. The fourth-order valence-electron chi connectivity index (χ4n) is 2.00. The Balaban J connectivity index is 1.94. The van der Waals surface area contributed by atoms with Crippen LogP contribution >= 0.6 is 10.7 Å². The minimum Gasteiger partial charge on any atom is -0.493 e. The van der Waals surface area contributed by atoms with Crippen LogP contribution in [0.25, 0.3) is 11.1 Å². The minimum absolute atomic E-state index is 0.0867. The molecule has 0 saturated carbocycles. The lowest BCUT2D eigenvalue weighted by atomic mass is 10.1. The maximum absolute atomic E-state index is 11.0. The van der Waals surface area contributed by atoms with E-state index in [0.717, 1.165) is 11.1 Å². The van der Waals surface area contributed by atoms with E-state index in [1.807, 2.05) is 54.6 Å². The van der Waals surface area contributed by atoms with E-state index in [2.05, 4.69) is 0 Å². The molecule has 5 heteroatoms. The smallest absolute Gasteiger partial charge is 0.232 e. The van der Waals surface area contributed by atoms with Gasteiger partial charge in [0.1, 0.15) is 5.75 Å². The minimum atomic E-state index is -3.48. The molecule has 0 aliphatic heterocycles. The van der Waals surface area contributed by atoms with Crippen molar-refractivity contribution < 1.29 is 13.2 Å². The van der Waals surface area contributed by atoms with Gasteiger partial charge in [-0.25, -0.2) is 8.42 Å². The third-order valence-corrected chi connectivity index (χ3v) is 4.32. The molecule has 1 unspecified atom stereocenters. The third-order valence-electron chi connectivity index (χ3n) is 2.98. The third kappa shape index (κ3) is 5.40. The van der Waals surface area contributed by atoms with Crippen LogP contribution in [0.3, 0.4) is 0 Å². The lowest BCUT2D eigenvalue weighted by Crippen LogP contribution is -2.16. The van der Waals surface area contributed by atoms with Crippen molar-refractivity contribution in [1.82, 2.24) is 0 Å². The van der Waals surface area contributed by atoms with Crippen molar-refractivity contribution in [3.8, 4) is 16.9 Å². The highest BCUT2D eigenvalue weighted by Crippen LogP contribution is 2.22. The summed E-state index contributed by atoms with van der Waals surface area (Å²) in [7, 11) is 1.74. The molecular weight excluding hydrogens is 308 g/mol. The standard InChI is InChI=1S/C16H17ClO3S/c1-13(12-21(17,18)19)11-20-16-9-7-15(8-10-16)14-5-3-2-4-6-14/h2-10,13H,11-12H2,1H3. The molecule has 3 nitrogen and oxygen atoms in total. The highest BCUT2D eigenvalue weighted by atomic mass is 35.7. The van der Waals surface area contributed by atoms with Gasteiger partial charge in [-0.15, -0.1) is 0 Å². The van der Waals surface area contributed by atoms with Crippen LogP contribution in [0.4, 0.5) is 0 Å². The van der Waals surface area contributed by atoms with Crippen molar-refractivity contribution in [3.63, 3.8) is 0 Å². The average Bonchev–Trinajstić information content (AvgIpc) is 2.45. The normalized spacial score (nSPS) is 12.9. The zero-order valence-corrected chi connectivity index (χ0v) is 13.3. The summed E-state index contributed by atoms with van der Waals surface area (Å²) in [6.45, 7) is 2.11. The number of benzene rings is 2. The molecular formula is C16H17ClO3S. The summed E-state index contributed by atoms with van der Waals surface area (Å²) in [6.07, 6.45) is 0. The molecule has 0 aliphatic rings. The van der Waals surface area contributed by atoms with Gasteiger partial charge >= 0.3 is 0 Å². The summed E-state index contributed by atoms with van der Waals surface area (Å²) in [5.41, 5.74) is 2.25. The van der Waals surface area contributed by atoms with Gasteiger partial charge in [0.25, 0.3) is 0 Å². The molecule has 21 heavy (non-hydrogen) atoms. The van der Waals surface area contributed by atoms with Gasteiger partial charge in [-0.2, -0.15) is 0 Å². The molecule has 2 aromatic rings. The van der Waals surface area contributed by atoms with Crippen LogP contribution in [-0.4, -0.2) is 20.8 Å². The molecule has 112 valence electrons. The Morgan fingerprint density at radius 2 is 1.57 bits per heavy atom. The van der Waals surface area contributed by atoms with Crippen molar-refractivity contribution in [2.75, 3.05) is 12.4 Å².